The van der Waals surface area contributed by atoms with Gasteiger partial charge >= 0.3 is 0 Å². The van der Waals surface area contributed by atoms with Gasteiger partial charge in [-0.2, -0.15) is 0 Å². The van der Waals surface area contributed by atoms with Crippen LogP contribution < -0.4 is 0 Å². The number of ketones is 1. The Kier molecular flexibility index (Phi) is 5.31. The summed E-state index contributed by atoms with van der Waals surface area (Å²) in [6.45, 7) is 5.89. The van der Waals surface area contributed by atoms with E-state index in [-0.39, 0.29) is 5.78 Å². The zero-order valence-corrected chi connectivity index (χ0v) is 8.02. The monoisotopic (exact) mass is 168 g/mol. The minimum atomic E-state index is -0.0406. The fourth-order valence-electron chi connectivity index (χ4n) is 0.999. The van der Waals surface area contributed by atoms with Crippen molar-refractivity contribution < 1.29 is 9.59 Å². The van der Waals surface area contributed by atoms with Crippen LogP contribution >= 0.6 is 0 Å². The van der Waals surface area contributed by atoms with Crippen molar-refractivity contribution in [3.05, 3.63) is 5.57 Å². The molecule has 0 aliphatic heterocycles. The predicted octanol–water partition coefficient (Wildman–Crippen LogP) is 2.16. The van der Waals surface area contributed by atoms with Gasteiger partial charge in [-0.25, -0.2) is 4.79 Å². The van der Waals surface area contributed by atoms with Gasteiger partial charge in [-0.3, -0.25) is 4.79 Å². The highest BCUT2D eigenvalue weighted by atomic mass is 16.1. The third kappa shape index (κ3) is 4.09. The van der Waals surface area contributed by atoms with Gasteiger partial charge in [-0.15, -0.1) is 0 Å². The van der Waals surface area contributed by atoms with Crippen molar-refractivity contribution >= 4 is 11.7 Å². The molecule has 0 saturated heterocycles. The summed E-state index contributed by atoms with van der Waals surface area (Å²) in [5, 5.41) is 0. The van der Waals surface area contributed by atoms with Crippen molar-refractivity contribution in [1.82, 2.24) is 0 Å². The molecule has 0 saturated carbocycles. The standard InChI is InChI=1S/C10H16O2/c1-4-5-10(12)9(7-11)6-8(2)3/h8H,4-6H2,1-3H3. The van der Waals surface area contributed by atoms with E-state index in [0.717, 1.165) is 6.42 Å². The van der Waals surface area contributed by atoms with Crippen LogP contribution in [0.1, 0.15) is 40.0 Å². The topological polar surface area (TPSA) is 34.1 Å². The Bertz CT molecular complexity index is 198. The minimum Gasteiger partial charge on any atom is -0.294 e. The van der Waals surface area contributed by atoms with Crippen LogP contribution in [-0.4, -0.2) is 11.7 Å². The van der Waals surface area contributed by atoms with Crippen LogP contribution in [0.15, 0.2) is 5.57 Å². The van der Waals surface area contributed by atoms with Crippen molar-refractivity contribution in [3.8, 4) is 0 Å². The molecule has 0 atom stereocenters. The molecule has 0 bridgehead atoms. The Morgan fingerprint density at radius 2 is 2.00 bits per heavy atom. The highest BCUT2D eigenvalue weighted by molar-refractivity contribution is 6.02. The van der Waals surface area contributed by atoms with Crippen LogP contribution in [0.4, 0.5) is 0 Å². The Hall–Kier alpha value is -0.880. The second-order valence-electron chi connectivity index (χ2n) is 3.35. The number of carbonyl (C=O) groups is 1. The summed E-state index contributed by atoms with van der Waals surface area (Å²) in [5.41, 5.74) is 0.326. The molecule has 0 N–H and O–H groups in total. The molecule has 0 amide bonds. The van der Waals surface area contributed by atoms with E-state index in [1.54, 1.807) is 5.94 Å². The van der Waals surface area contributed by atoms with Gasteiger partial charge < -0.3 is 0 Å². The van der Waals surface area contributed by atoms with Crippen molar-refractivity contribution in [2.24, 2.45) is 5.92 Å². The fraction of sp³-hybridized carbons (Fsp3) is 0.700. The van der Waals surface area contributed by atoms with Crippen molar-refractivity contribution in [1.29, 1.82) is 0 Å². The first-order chi connectivity index (χ1) is 5.61. The fourth-order valence-corrected chi connectivity index (χ4v) is 0.999. The number of Topliss-reactive ketones (excluding diaryl/α,β-unsaturated/α-hetero) is 1. The number of carbonyl (C=O) groups excluding carboxylic acids is 2. The van der Waals surface area contributed by atoms with E-state index in [4.69, 9.17) is 0 Å². The van der Waals surface area contributed by atoms with Gasteiger partial charge in [0.25, 0.3) is 0 Å². The molecule has 0 aromatic rings. The largest absolute Gasteiger partial charge is 0.294 e. The third-order valence-corrected chi connectivity index (χ3v) is 1.55. The van der Waals surface area contributed by atoms with Crippen LogP contribution in [0, 0.1) is 5.92 Å². The average molecular weight is 168 g/mol. The van der Waals surface area contributed by atoms with Gasteiger partial charge in [0, 0.05) is 6.42 Å². The molecular weight excluding hydrogens is 152 g/mol. The van der Waals surface area contributed by atoms with Crippen LogP contribution in [-0.2, 0) is 9.59 Å². The maximum atomic E-state index is 11.2. The minimum absolute atomic E-state index is 0.0406. The van der Waals surface area contributed by atoms with Gasteiger partial charge in [-0.1, -0.05) is 20.8 Å². The molecule has 12 heavy (non-hydrogen) atoms. The van der Waals surface area contributed by atoms with E-state index in [1.807, 2.05) is 20.8 Å². The highest BCUT2D eigenvalue weighted by Crippen LogP contribution is 2.10. The smallest absolute Gasteiger partial charge is 0.169 e. The molecule has 2 nitrogen and oxygen atoms in total. The van der Waals surface area contributed by atoms with Crippen LogP contribution in [0.5, 0.6) is 0 Å². The Balaban J connectivity index is 4.18. The molecule has 0 aromatic carbocycles. The second kappa shape index (κ2) is 5.73. The summed E-state index contributed by atoms with van der Waals surface area (Å²) in [7, 11) is 0. The lowest BCUT2D eigenvalue weighted by Crippen LogP contribution is -2.05. The van der Waals surface area contributed by atoms with Gasteiger partial charge in [0.05, 0.1) is 5.57 Å². The van der Waals surface area contributed by atoms with Crippen LogP contribution in [0.25, 0.3) is 0 Å². The summed E-state index contributed by atoms with van der Waals surface area (Å²) in [4.78, 5) is 21.6. The predicted molar refractivity (Wildman–Crippen MR) is 48.6 cm³/mol. The molecule has 0 radical (unpaired) electrons. The summed E-state index contributed by atoms with van der Waals surface area (Å²) in [6.07, 6.45) is 1.82. The third-order valence-electron chi connectivity index (χ3n) is 1.55. The van der Waals surface area contributed by atoms with E-state index in [9.17, 15) is 9.59 Å². The summed E-state index contributed by atoms with van der Waals surface area (Å²) < 4.78 is 0. The molecule has 0 aliphatic rings. The van der Waals surface area contributed by atoms with Crippen LogP contribution in [0.3, 0.4) is 0 Å². The summed E-state index contributed by atoms with van der Waals surface area (Å²) >= 11 is 0. The summed E-state index contributed by atoms with van der Waals surface area (Å²) in [5.74, 6) is 2.04. The van der Waals surface area contributed by atoms with Gasteiger partial charge in [0.1, 0.15) is 5.94 Å². The molecule has 0 rings (SSSR count). The van der Waals surface area contributed by atoms with Crippen LogP contribution in [0.2, 0.25) is 0 Å². The molecule has 0 aromatic heterocycles. The second-order valence-corrected chi connectivity index (χ2v) is 3.35. The first kappa shape index (κ1) is 11.1. The van der Waals surface area contributed by atoms with E-state index in [1.165, 1.54) is 0 Å². The zero-order chi connectivity index (χ0) is 9.56. The first-order valence-corrected chi connectivity index (χ1v) is 4.39. The normalized spacial score (nSPS) is 9.67. The molecule has 0 unspecified atom stereocenters. The first-order valence-electron chi connectivity index (χ1n) is 4.39. The molecular formula is C10H16O2. The van der Waals surface area contributed by atoms with Gasteiger partial charge in [0.15, 0.2) is 5.78 Å². The average Bonchev–Trinajstić information content (AvgIpc) is 2.00. The summed E-state index contributed by atoms with van der Waals surface area (Å²) in [6, 6.07) is 0. The van der Waals surface area contributed by atoms with E-state index in [2.05, 4.69) is 0 Å². The number of hydrogen-bond acceptors (Lipinski definition) is 2. The molecule has 0 heterocycles. The van der Waals surface area contributed by atoms with Crippen molar-refractivity contribution in [2.75, 3.05) is 0 Å². The maximum Gasteiger partial charge on any atom is 0.169 e. The maximum absolute atomic E-state index is 11.2. The van der Waals surface area contributed by atoms with Crippen molar-refractivity contribution in [2.45, 2.75) is 40.0 Å². The van der Waals surface area contributed by atoms with Gasteiger partial charge in [-0.05, 0) is 18.8 Å². The van der Waals surface area contributed by atoms with E-state index >= 15 is 0 Å². The SMILES string of the molecule is CCCC(=O)C(=C=O)CC(C)C. The number of allylic oxidation sites excluding steroid dienone is 1. The van der Waals surface area contributed by atoms with E-state index < -0.39 is 0 Å². The Labute approximate surface area is 73.7 Å². The van der Waals surface area contributed by atoms with E-state index in [0.29, 0.717) is 24.3 Å². The Morgan fingerprint density at radius 1 is 1.42 bits per heavy atom. The quantitative estimate of drug-likeness (QED) is 0.465. The molecule has 68 valence electrons. The zero-order valence-electron chi connectivity index (χ0n) is 8.02. The molecule has 2 heteroatoms. The lowest BCUT2D eigenvalue weighted by Gasteiger charge is -2.03. The number of hydrogen-bond donors (Lipinski definition) is 0. The lowest BCUT2D eigenvalue weighted by molar-refractivity contribution is -0.115. The van der Waals surface area contributed by atoms with Gasteiger partial charge in [0.2, 0.25) is 0 Å². The molecule has 0 fully saturated rings. The molecule has 0 aliphatic carbocycles. The lowest BCUT2D eigenvalue weighted by atomic mass is 9.99. The van der Waals surface area contributed by atoms with Crippen molar-refractivity contribution in [3.63, 3.8) is 0 Å². The molecule has 0 spiro atoms. The Morgan fingerprint density at radius 3 is 2.33 bits per heavy atom. The number of rotatable bonds is 5. The highest BCUT2D eigenvalue weighted by Gasteiger charge is 2.10.